The summed E-state index contributed by atoms with van der Waals surface area (Å²) in [6.45, 7) is 22.7. The van der Waals surface area contributed by atoms with Gasteiger partial charge in [-0.3, -0.25) is 0 Å². The van der Waals surface area contributed by atoms with Crippen LogP contribution in [-0.4, -0.2) is 0 Å². The molecule has 2 aliphatic carbocycles. The van der Waals surface area contributed by atoms with Crippen LogP contribution < -0.4 is 0 Å². The van der Waals surface area contributed by atoms with Crippen molar-refractivity contribution >= 4 is 0 Å². The Kier molecular flexibility index (Phi) is 17.5. The Morgan fingerprint density at radius 3 is 2.05 bits per heavy atom. The molecule has 0 heteroatoms. The minimum absolute atomic E-state index is 0.644. The molecule has 0 heterocycles. The van der Waals surface area contributed by atoms with Gasteiger partial charge in [0.1, 0.15) is 0 Å². The molecule has 2 saturated carbocycles. The average molecular weight is 559 g/mol. The summed E-state index contributed by atoms with van der Waals surface area (Å²) < 4.78 is 0. The molecule has 0 amide bonds. The van der Waals surface area contributed by atoms with Crippen molar-refractivity contribution in [3.8, 4) is 0 Å². The topological polar surface area (TPSA) is 0 Å². The molecule has 9 atom stereocenters. The van der Waals surface area contributed by atoms with Gasteiger partial charge in [0.05, 0.1) is 0 Å². The van der Waals surface area contributed by atoms with Crippen LogP contribution >= 0.6 is 0 Å². The van der Waals surface area contributed by atoms with Crippen LogP contribution in [0.25, 0.3) is 0 Å². The van der Waals surface area contributed by atoms with Crippen LogP contribution in [0.15, 0.2) is 0 Å². The first-order valence-electron chi connectivity index (χ1n) is 19.2. The van der Waals surface area contributed by atoms with Crippen molar-refractivity contribution in [2.75, 3.05) is 0 Å². The molecular weight excluding hydrogens is 480 g/mol. The molecule has 2 fully saturated rings. The summed E-state index contributed by atoms with van der Waals surface area (Å²) >= 11 is 0. The minimum atomic E-state index is 0.644. The van der Waals surface area contributed by atoms with Gasteiger partial charge in [0.2, 0.25) is 0 Å². The van der Waals surface area contributed by atoms with E-state index in [9.17, 15) is 0 Å². The fourth-order valence-electron chi connectivity index (χ4n) is 9.26. The van der Waals surface area contributed by atoms with Gasteiger partial charge in [-0.15, -0.1) is 0 Å². The highest BCUT2D eigenvalue weighted by Crippen LogP contribution is 2.61. The first kappa shape index (κ1) is 36.2. The molecule has 0 aromatic rings. The lowest BCUT2D eigenvalue weighted by atomic mass is 9.72. The fourth-order valence-corrected chi connectivity index (χ4v) is 9.26. The van der Waals surface area contributed by atoms with Crippen molar-refractivity contribution in [1.29, 1.82) is 0 Å². The lowest BCUT2D eigenvalue weighted by Crippen LogP contribution is -2.23. The molecule has 0 nitrogen and oxygen atoms in total. The summed E-state index contributed by atoms with van der Waals surface area (Å²) in [5.41, 5.74) is 0.644. The predicted molar refractivity (Wildman–Crippen MR) is 182 cm³/mol. The van der Waals surface area contributed by atoms with Crippen LogP contribution in [0.4, 0.5) is 0 Å². The zero-order chi connectivity index (χ0) is 29.5. The number of hydrogen-bond acceptors (Lipinski definition) is 0. The van der Waals surface area contributed by atoms with Gasteiger partial charge >= 0.3 is 0 Å². The summed E-state index contributed by atoms with van der Waals surface area (Å²) in [5.74, 6) is 8.49. The lowest BCUT2D eigenvalue weighted by Gasteiger charge is -2.33. The van der Waals surface area contributed by atoms with Crippen LogP contribution in [-0.2, 0) is 0 Å². The molecule has 2 aliphatic rings. The van der Waals surface area contributed by atoms with Crippen LogP contribution in [0.1, 0.15) is 197 Å². The second-order valence-electron chi connectivity index (χ2n) is 16.3. The zero-order valence-electron chi connectivity index (χ0n) is 29.5. The third-order valence-corrected chi connectivity index (χ3v) is 12.8. The van der Waals surface area contributed by atoms with Crippen molar-refractivity contribution in [2.45, 2.75) is 197 Å². The Balaban J connectivity index is 2.06. The molecule has 0 N–H and O–H groups in total. The normalized spacial score (nSPS) is 31.4. The maximum absolute atomic E-state index is 2.64. The summed E-state index contributed by atoms with van der Waals surface area (Å²) in [4.78, 5) is 0. The molecule has 0 aromatic carbocycles. The number of rotatable bonds is 18. The molecule has 238 valence electrons. The Morgan fingerprint density at radius 1 is 0.675 bits per heavy atom. The van der Waals surface area contributed by atoms with E-state index in [0.717, 1.165) is 53.3 Å². The van der Waals surface area contributed by atoms with Gasteiger partial charge in [-0.2, -0.15) is 0 Å². The largest absolute Gasteiger partial charge is 0.0654 e. The van der Waals surface area contributed by atoms with Gasteiger partial charge in [0.25, 0.3) is 0 Å². The third kappa shape index (κ3) is 12.3. The highest BCUT2D eigenvalue weighted by Gasteiger charge is 2.53. The van der Waals surface area contributed by atoms with Gasteiger partial charge in [-0.1, -0.05) is 159 Å². The second-order valence-corrected chi connectivity index (χ2v) is 16.3. The van der Waals surface area contributed by atoms with Gasteiger partial charge in [0.15, 0.2) is 0 Å². The van der Waals surface area contributed by atoms with Crippen molar-refractivity contribution < 1.29 is 0 Å². The Morgan fingerprint density at radius 2 is 1.38 bits per heavy atom. The molecule has 0 radical (unpaired) electrons. The van der Waals surface area contributed by atoms with Gasteiger partial charge in [-0.25, -0.2) is 0 Å². The molecule has 9 unspecified atom stereocenters. The molecule has 0 spiro atoms. The van der Waals surface area contributed by atoms with E-state index in [2.05, 4.69) is 62.3 Å². The van der Waals surface area contributed by atoms with E-state index < -0.39 is 0 Å². The smallest absolute Gasteiger partial charge is 0.0266 e. The van der Waals surface area contributed by atoms with Gasteiger partial charge in [-0.05, 0) is 97.2 Å². The van der Waals surface area contributed by atoms with Crippen LogP contribution in [0.5, 0.6) is 0 Å². The highest BCUT2D eigenvalue weighted by molar-refractivity contribution is 5.02. The summed E-state index contributed by atoms with van der Waals surface area (Å²) in [5, 5.41) is 0. The SMILES string of the molecule is CCCCCCC(CCC(CCC)C1CCC(C)CCCCC(C(C)C)CC1)CC(C)C(C)C1(C)CC1CCC. The van der Waals surface area contributed by atoms with Crippen LogP contribution in [0, 0.1) is 58.7 Å². The molecule has 0 aromatic heterocycles. The molecule has 0 aliphatic heterocycles. The zero-order valence-corrected chi connectivity index (χ0v) is 29.5. The summed E-state index contributed by atoms with van der Waals surface area (Å²) in [6, 6.07) is 0. The number of unbranched alkanes of at least 4 members (excludes halogenated alkanes) is 3. The third-order valence-electron chi connectivity index (χ3n) is 12.8. The standard InChI is InChI=1S/C40H78/c1-10-13-14-15-21-35(29-33(7)34(8)40(9)30-39(40)19-12-3)24-26-37(18-11-2)38-25-23-32(6)20-16-17-22-36(27-28-38)31(4)5/h31-39H,10-30H2,1-9H3. The lowest BCUT2D eigenvalue weighted by molar-refractivity contribution is 0.174. The van der Waals surface area contributed by atoms with E-state index in [1.165, 1.54) is 135 Å². The van der Waals surface area contributed by atoms with Crippen molar-refractivity contribution in [3.05, 3.63) is 0 Å². The molecule has 2 rings (SSSR count). The Labute approximate surface area is 255 Å². The first-order valence-corrected chi connectivity index (χ1v) is 19.2. The molecular formula is C40H78. The average Bonchev–Trinajstić information content (AvgIpc) is 3.59. The maximum atomic E-state index is 2.64. The maximum Gasteiger partial charge on any atom is -0.0266 e. The molecule has 0 saturated heterocycles. The minimum Gasteiger partial charge on any atom is -0.0654 e. The molecule has 0 bridgehead atoms. The highest BCUT2D eigenvalue weighted by atomic mass is 14.6. The summed E-state index contributed by atoms with van der Waals surface area (Å²) in [6.07, 6.45) is 30.9. The van der Waals surface area contributed by atoms with E-state index in [1.807, 2.05) is 0 Å². The summed E-state index contributed by atoms with van der Waals surface area (Å²) in [7, 11) is 0. The quantitative estimate of drug-likeness (QED) is 0.147. The molecule has 40 heavy (non-hydrogen) atoms. The Bertz CT molecular complexity index is 620. The second kappa shape index (κ2) is 19.3. The van der Waals surface area contributed by atoms with E-state index in [1.54, 1.807) is 0 Å². The predicted octanol–water partition coefficient (Wildman–Crippen LogP) is 13.9. The van der Waals surface area contributed by atoms with Gasteiger partial charge in [0, 0.05) is 0 Å². The van der Waals surface area contributed by atoms with E-state index in [0.29, 0.717) is 5.41 Å². The first-order chi connectivity index (χ1) is 19.2. The van der Waals surface area contributed by atoms with E-state index >= 15 is 0 Å². The fraction of sp³-hybridized carbons (Fsp3) is 1.00. The van der Waals surface area contributed by atoms with Crippen LogP contribution in [0.3, 0.4) is 0 Å². The van der Waals surface area contributed by atoms with Crippen molar-refractivity contribution in [1.82, 2.24) is 0 Å². The van der Waals surface area contributed by atoms with E-state index in [-0.39, 0.29) is 0 Å². The van der Waals surface area contributed by atoms with E-state index in [4.69, 9.17) is 0 Å². The number of hydrogen-bond donors (Lipinski definition) is 0. The van der Waals surface area contributed by atoms with Gasteiger partial charge < -0.3 is 0 Å². The Hall–Kier alpha value is 0. The van der Waals surface area contributed by atoms with Crippen molar-refractivity contribution in [2.24, 2.45) is 58.7 Å². The van der Waals surface area contributed by atoms with Crippen molar-refractivity contribution in [3.63, 3.8) is 0 Å². The van der Waals surface area contributed by atoms with Crippen LogP contribution in [0.2, 0.25) is 0 Å². The monoisotopic (exact) mass is 559 g/mol.